The number of esters is 1. The molecular formula is C24H17ClO6S. The molecule has 2 aliphatic heterocycles. The first-order valence-corrected chi connectivity index (χ1v) is 11.1. The molecule has 2 aliphatic rings. The smallest absolute Gasteiger partial charge is 0.316 e. The Morgan fingerprint density at radius 1 is 1.25 bits per heavy atom. The number of fused-ring (bicyclic) bond motifs is 2. The first-order valence-electron chi connectivity index (χ1n) is 9.83. The Hall–Kier alpha value is -3.13. The molecule has 0 unspecified atom stereocenters. The molecule has 0 radical (unpaired) electrons. The molecule has 0 N–H and O–H groups in total. The van der Waals surface area contributed by atoms with Crippen LogP contribution in [0.2, 0.25) is 5.02 Å². The summed E-state index contributed by atoms with van der Waals surface area (Å²) in [5, 5.41) is 2.41. The Morgan fingerprint density at radius 3 is 2.94 bits per heavy atom. The number of hydrogen-bond acceptors (Lipinski definition) is 7. The van der Waals surface area contributed by atoms with Gasteiger partial charge in [-0.2, -0.15) is 0 Å². The van der Waals surface area contributed by atoms with Gasteiger partial charge in [0.05, 0.1) is 18.6 Å². The number of Topliss-reactive ketones (excluding diaryl/α,β-unsaturated/α-hetero) is 1. The van der Waals surface area contributed by atoms with Crippen molar-refractivity contribution in [3.63, 3.8) is 0 Å². The Morgan fingerprint density at radius 2 is 2.12 bits per heavy atom. The van der Waals surface area contributed by atoms with E-state index in [4.69, 9.17) is 30.5 Å². The van der Waals surface area contributed by atoms with Crippen molar-refractivity contribution in [3.8, 4) is 17.2 Å². The van der Waals surface area contributed by atoms with E-state index in [-0.39, 0.29) is 30.7 Å². The Balaban J connectivity index is 1.42. The zero-order valence-electron chi connectivity index (χ0n) is 17.0. The third kappa shape index (κ3) is 3.90. The van der Waals surface area contributed by atoms with E-state index in [2.05, 4.69) is 0 Å². The minimum Gasteiger partial charge on any atom is -0.467 e. The van der Waals surface area contributed by atoms with Crippen molar-refractivity contribution in [1.82, 2.24) is 0 Å². The van der Waals surface area contributed by atoms with Crippen LogP contribution in [0.15, 0.2) is 47.5 Å². The first kappa shape index (κ1) is 20.8. The van der Waals surface area contributed by atoms with Crippen molar-refractivity contribution in [2.45, 2.75) is 20.0 Å². The summed E-state index contributed by atoms with van der Waals surface area (Å²) in [6, 6.07) is 10.5. The molecule has 6 nitrogen and oxygen atoms in total. The normalized spacial score (nSPS) is 15.7. The predicted molar refractivity (Wildman–Crippen MR) is 120 cm³/mol. The van der Waals surface area contributed by atoms with Crippen LogP contribution in [0, 0.1) is 6.92 Å². The number of rotatable bonds is 4. The van der Waals surface area contributed by atoms with Crippen LogP contribution < -0.4 is 14.2 Å². The van der Waals surface area contributed by atoms with Crippen LogP contribution in [0.5, 0.6) is 17.2 Å². The number of carbonyl (C=O) groups excluding carboxylic acids is 2. The molecule has 0 saturated heterocycles. The van der Waals surface area contributed by atoms with E-state index < -0.39 is 0 Å². The van der Waals surface area contributed by atoms with Gasteiger partial charge in [0, 0.05) is 26.6 Å². The molecule has 0 spiro atoms. The molecule has 0 atom stereocenters. The van der Waals surface area contributed by atoms with Crippen LogP contribution in [-0.4, -0.2) is 18.5 Å². The van der Waals surface area contributed by atoms with Crippen molar-refractivity contribution < 1.29 is 28.5 Å². The van der Waals surface area contributed by atoms with Crippen molar-refractivity contribution in [2.24, 2.45) is 0 Å². The Kier molecular flexibility index (Phi) is 5.46. The van der Waals surface area contributed by atoms with E-state index in [1.54, 1.807) is 37.3 Å². The fraction of sp³-hybridized carbons (Fsp3) is 0.167. The molecule has 0 saturated carbocycles. The van der Waals surface area contributed by atoms with Gasteiger partial charge in [-0.05, 0) is 48.7 Å². The maximum Gasteiger partial charge on any atom is 0.316 e. The van der Waals surface area contributed by atoms with E-state index in [9.17, 15) is 9.59 Å². The van der Waals surface area contributed by atoms with E-state index >= 15 is 0 Å². The maximum atomic E-state index is 13.0. The van der Waals surface area contributed by atoms with Gasteiger partial charge in [0.1, 0.15) is 17.2 Å². The molecule has 3 aromatic rings. The lowest BCUT2D eigenvalue weighted by Gasteiger charge is -2.20. The molecular weight excluding hydrogens is 452 g/mol. The third-order valence-corrected chi connectivity index (χ3v) is 6.24. The molecule has 162 valence electrons. The lowest BCUT2D eigenvalue weighted by molar-refractivity contribution is -0.133. The second kappa shape index (κ2) is 8.43. The monoisotopic (exact) mass is 468 g/mol. The summed E-state index contributed by atoms with van der Waals surface area (Å²) in [6.45, 7) is 2.25. The van der Waals surface area contributed by atoms with Crippen LogP contribution in [0.25, 0.3) is 6.08 Å². The van der Waals surface area contributed by atoms with Crippen molar-refractivity contribution in [1.29, 1.82) is 0 Å². The summed E-state index contributed by atoms with van der Waals surface area (Å²) in [5.41, 5.74) is 2.42. The molecule has 0 amide bonds. The average molecular weight is 469 g/mol. The van der Waals surface area contributed by atoms with Crippen LogP contribution >= 0.6 is 22.9 Å². The first-order chi connectivity index (χ1) is 15.5. The fourth-order valence-corrected chi connectivity index (χ4v) is 4.59. The summed E-state index contributed by atoms with van der Waals surface area (Å²) >= 11 is 7.72. The van der Waals surface area contributed by atoms with Gasteiger partial charge in [-0.1, -0.05) is 17.7 Å². The predicted octanol–water partition coefficient (Wildman–Crippen LogP) is 5.34. The number of allylic oxidation sites excluding steroid dienone is 1. The second-order valence-electron chi connectivity index (χ2n) is 7.33. The Labute approximate surface area is 192 Å². The summed E-state index contributed by atoms with van der Waals surface area (Å²) < 4.78 is 22.3. The molecule has 0 fully saturated rings. The summed E-state index contributed by atoms with van der Waals surface area (Å²) in [5.74, 6) is 0.855. The summed E-state index contributed by atoms with van der Waals surface area (Å²) in [4.78, 5) is 26.2. The molecule has 8 heteroatoms. The molecule has 5 rings (SSSR count). The minimum atomic E-state index is -0.375. The average Bonchev–Trinajstić information content (AvgIpc) is 3.39. The van der Waals surface area contributed by atoms with Gasteiger partial charge in [-0.25, -0.2) is 0 Å². The zero-order chi connectivity index (χ0) is 22.2. The zero-order valence-corrected chi connectivity index (χ0v) is 18.5. The third-order valence-electron chi connectivity index (χ3n) is 5.15. The van der Waals surface area contributed by atoms with Crippen LogP contribution in [0.1, 0.15) is 31.9 Å². The van der Waals surface area contributed by atoms with Gasteiger partial charge in [-0.15, -0.1) is 11.3 Å². The number of benzene rings is 2. The van der Waals surface area contributed by atoms with Crippen molar-refractivity contribution in [3.05, 3.63) is 79.7 Å². The standard InChI is InChI=1S/C24H17ClO6S/c1-13-19(30-21(26)10-17-3-2-6-32-17)5-4-18-22(27)20(31-23(13)18)9-14-7-16(25)8-15-11-28-12-29-24(14)15/h2-9H,10-12H2,1H3/b20-9-. The molecule has 3 heterocycles. The molecule has 32 heavy (non-hydrogen) atoms. The highest BCUT2D eigenvalue weighted by molar-refractivity contribution is 7.10. The van der Waals surface area contributed by atoms with E-state index in [0.29, 0.717) is 45.6 Å². The van der Waals surface area contributed by atoms with Gasteiger partial charge in [0.2, 0.25) is 5.78 Å². The Bertz CT molecular complexity index is 1260. The number of carbonyl (C=O) groups is 2. The van der Waals surface area contributed by atoms with Crippen molar-refractivity contribution in [2.75, 3.05) is 6.79 Å². The quantitative estimate of drug-likeness (QED) is 0.292. The summed E-state index contributed by atoms with van der Waals surface area (Å²) in [7, 11) is 0. The summed E-state index contributed by atoms with van der Waals surface area (Å²) in [6.07, 6.45) is 1.79. The van der Waals surface area contributed by atoms with Gasteiger partial charge < -0.3 is 18.9 Å². The van der Waals surface area contributed by atoms with E-state index in [0.717, 1.165) is 10.4 Å². The van der Waals surface area contributed by atoms with Gasteiger partial charge in [0.25, 0.3) is 0 Å². The highest BCUT2D eigenvalue weighted by Crippen LogP contribution is 2.41. The molecule has 1 aromatic heterocycles. The number of hydrogen-bond donors (Lipinski definition) is 0. The number of halogens is 1. The fourth-order valence-electron chi connectivity index (χ4n) is 3.65. The number of ether oxygens (including phenoxy) is 4. The van der Waals surface area contributed by atoms with Gasteiger partial charge in [-0.3, -0.25) is 9.59 Å². The number of thiophene rings is 1. The number of ketones is 1. The van der Waals surface area contributed by atoms with Gasteiger partial charge in [0.15, 0.2) is 12.6 Å². The van der Waals surface area contributed by atoms with E-state index in [1.807, 2.05) is 17.5 Å². The van der Waals surface area contributed by atoms with Crippen LogP contribution in [0.3, 0.4) is 0 Å². The topological polar surface area (TPSA) is 71.1 Å². The van der Waals surface area contributed by atoms with Crippen LogP contribution in [-0.2, 0) is 22.6 Å². The lowest BCUT2D eigenvalue weighted by atomic mass is 10.0. The molecule has 0 aliphatic carbocycles. The maximum absolute atomic E-state index is 13.0. The molecule has 2 aromatic carbocycles. The second-order valence-corrected chi connectivity index (χ2v) is 8.80. The minimum absolute atomic E-state index is 0.124. The highest BCUT2D eigenvalue weighted by atomic mass is 35.5. The van der Waals surface area contributed by atoms with Crippen molar-refractivity contribution >= 4 is 40.8 Å². The molecule has 0 bridgehead atoms. The van der Waals surface area contributed by atoms with Gasteiger partial charge >= 0.3 is 5.97 Å². The SMILES string of the molecule is Cc1c(OC(=O)Cc2cccs2)ccc2c1O/C(=C\c1cc(Cl)cc3c1OCOC3)C2=O. The largest absolute Gasteiger partial charge is 0.467 e. The highest BCUT2D eigenvalue weighted by Gasteiger charge is 2.31. The lowest BCUT2D eigenvalue weighted by Crippen LogP contribution is -2.12. The van der Waals surface area contributed by atoms with E-state index in [1.165, 1.54) is 11.3 Å². The van der Waals surface area contributed by atoms with Crippen LogP contribution in [0.4, 0.5) is 0 Å².